The first-order chi connectivity index (χ1) is 26.5. The summed E-state index contributed by atoms with van der Waals surface area (Å²) in [5.41, 5.74) is 13.4. The number of rotatable bonds is 5. The van der Waals surface area contributed by atoms with Crippen LogP contribution in [0, 0.1) is 0 Å². The van der Waals surface area contributed by atoms with Crippen LogP contribution in [-0.4, -0.2) is 9.55 Å². The molecule has 3 aromatic heterocycles. The summed E-state index contributed by atoms with van der Waals surface area (Å²) in [5.74, 6) is 0.877. The second kappa shape index (κ2) is 11.8. The number of thiophene rings is 1. The van der Waals surface area contributed by atoms with Gasteiger partial charge < -0.3 is 4.57 Å². The Morgan fingerprint density at radius 1 is 0.537 bits per heavy atom. The summed E-state index contributed by atoms with van der Waals surface area (Å²) >= 11 is 1.84. The lowest BCUT2D eigenvalue weighted by molar-refractivity contribution is 0.660. The van der Waals surface area contributed by atoms with E-state index in [1.54, 1.807) is 0 Å². The molecule has 0 fully saturated rings. The molecule has 0 saturated carbocycles. The van der Waals surface area contributed by atoms with E-state index in [1.807, 2.05) is 17.5 Å². The molecule has 0 aliphatic heterocycles. The van der Waals surface area contributed by atoms with Crippen molar-refractivity contribution in [3.8, 4) is 27.9 Å². The highest BCUT2D eigenvalue weighted by molar-refractivity contribution is 7.26. The van der Waals surface area contributed by atoms with Crippen LogP contribution in [0.1, 0.15) is 25.0 Å². The Hall–Kier alpha value is -6.49. The molecule has 0 spiro atoms. The monoisotopic (exact) mass is 709 g/mol. The molecule has 0 bridgehead atoms. The summed E-state index contributed by atoms with van der Waals surface area (Å²) < 4.78 is 4.90. The highest BCUT2D eigenvalue weighted by atomic mass is 32.1. The number of pyridine rings is 1. The van der Waals surface area contributed by atoms with Gasteiger partial charge in [-0.2, -0.15) is 0 Å². The summed E-state index contributed by atoms with van der Waals surface area (Å²) in [6, 6.07) is 61.8. The van der Waals surface area contributed by atoms with E-state index in [0.29, 0.717) is 0 Å². The van der Waals surface area contributed by atoms with Gasteiger partial charge >= 0.3 is 0 Å². The molecule has 1 aliphatic carbocycles. The molecule has 3 heterocycles. The lowest BCUT2D eigenvalue weighted by Crippen LogP contribution is -2.14. The van der Waals surface area contributed by atoms with Gasteiger partial charge in [-0.15, -0.1) is 11.3 Å². The second-order valence-electron chi connectivity index (χ2n) is 14.8. The summed E-state index contributed by atoms with van der Waals surface area (Å²) in [6.45, 7) is 4.67. The Morgan fingerprint density at radius 2 is 1.19 bits per heavy atom. The molecule has 10 aromatic rings. The number of nitrogens with zero attached hydrogens (tertiary/aromatic N) is 3. The van der Waals surface area contributed by atoms with Gasteiger partial charge in [-0.3, -0.25) is 4.90 Å². The predicted octanol–water partition coefficient (Wildman–Crippen LogP) is 14.0. The third-order valence-corrected chi connectivity index (χ3v) is 12.7. The fraction of sp³-hybridized carbons (Fsp3) is 0.0600. The Bertz CT molecular complexity index is 3020. The van der Waals surface area contributed by atoms with Gasteiger partial charge in [-0.1, -0.05) is 117 Å². The highest BCUT2D eigenvalue weighted by Crippen LogP contribution is 2.50. The van der Waals surface area contributed by atoms with Gasteiger partial charge in [0.2, 0.25) is 0 Å². The van der Waals surface area contributed by atoms with Gasteiger partial charge in [0.15, 0.2) is 0 Å². The summed E-state index contributed by atoms with van der Waals surface area (Å²) in [6.07, 6.45) is 2.04. The fourth-order valence-electron chi connectivity index (χ4n) is 8.83. The molecule has 11 rings (SSSR count). The average Bonchev–Trinajstić information content (AvgIpc) is 3.85. The molecule has 54 heavy (non-hydrogen) atoms. The SMILES string of the molecule is CC1(C)c2ccccc2-c2ccc(-c3ccc(N(c4ccc(-n5c6ccccc6c6ccccc65)cc4)c4cccc5c4sc4ccccc45)nc3)cc21. The molecular formula is C50H35N3S. The van der Waals surface area contributed by atoms with Crippen LogP contribution in [0.4, 0.5) is 17.2 Å². The van der Waals surface area contributed by atoms with Crippen LogP contribution in [0.25, 0.3) is 69.9 Å². The van der Waals surface area contributed by atoms with Crippen molar-refractivity contribution in [1.82, 2.24) is 9.55 Å². The third-order valence-electron chi connectivity index (χ3n) is 11.5. The summed E-state index contributed by atoms with van der Waals surface area (Å²) in [5, 5.41) is 5.07. The zero-order valence-electron chi connectivity index (χ0n) is 30.0. The maximum absolute atomic E-state index is 5.22. The van der Waals surface area contributed by atoms with E-state index in [4.69, 9.17) is 4.98 Å². The van der Waals surface area contributed by atoms with Crippen molar-refractivity contribution in [2.75, 3.05) is 4.90 Å². The molecule has 0 atom stereocenters. The largest absolute Gasteiger partial charge is 0.309 e. The number of aromatic nitrogens is 2. The molecule has 7 aromatic carbocycles. The van der Waals surface area contributed by atoms with Crippen LogP contribution in [0.3, 0.4) is 0 Å². The minimum Gasteiger partial charge on any atom is -0.309 e. The van der Waals surface area contributed by atoms with E-state index in [9.17, 15) is 0 Å². The molecule has 0 unspecified atom stereocenters. The van der Waals surface area contributed by atoms with Crippen molar-refractivity contribution in [2.24, 2.45) is 0 Å². The maximum Gasteiger partial charge on any atom is 0.137 e. The van der Waals surface area contributed by atoms with Crippen LogP contribution in [0.15, 0.2) is 176 Å². The smallest absolute Gasteiger partial charge is 0.137 e. The molecule has 4 heteroatoms. The summed E-state index contributed by atoms with van der Waals surface area (Å²) in [4.78, 5) is 7.54. The number of hydrogen-bond donors (Lipinski definition) is 0. The highest BCUT2D eigenvalue weighted by Gasteiger charge is 2.35. The predicted molar refractivity (Wildman–Crippen MR) is 229 cm³/mol. The van der Waals surface area contributed by atoms with Crippen LogP contribution < -0.4 is 4.90 Å². The molecule has 3 nitrogen and oxygen atoms in total. The molecular weight excluding hydrogens is 675 g/mol. The maximum atomic E-state index is 5.22. The van der Waals surface area contributed by atoms with E-state index in [1.165, 1.54) is 69.8 Å². The first-order valence-electron chi connectivity index (χ1n) is 18.5. The van der Waals surface area contributed by atoms with Crippen molar-refractivity contribution >= 4 is 70.5 Å². The fourth-order valence-corrected chi connectivity index (χ4v) is 10.0. The number of fused-ring (bicyclic) bond motifs is 9. The van der Waals surface area contributed by atoms with Crippen LogP contribution in [-0.2, 0) is 5.41 Å². The molecule has 0 amide bonds. The van der Waals surface area contributed by atoms with Gasteiger partial charge in [0.25, 0.3) is 0 Å². The van der Waals surface area contributed by atoms with E-state index in [2.05, 4.69) is 193 Å². The number of para-hydroxylation sites is 2. The number of hydrogen-bond acceptors (Lipinski definition) is 3. The zero-order chi connectivity index (χ0) is 36.0. The van der Waals surface area contributed by atoms with E-state index < -0.39 is 0 Å². The lowest BCUT2D eigenvalue weighted by atomic mass is 9.81. The van der Waals surface area contributed by atoms with Crippen LogP contribution in [0.5, 0.6) is 0 Å². The van der Waals surface area contributed by atoms with Crippen molar-refractivity contribution in [1.29, 1.82) is 0 Å². The normalized spacial score (nSPS) is 13.1. The topological polar surface area (TPSA) is 21.1 Å². The average molecular weight is 710 g/mol. The van der Waals surface area contributed by atoms with Crippen LogP contribution >= 0.6 is 11.3 Å². The molecule has 0 N–H and O–H groups in total. The third kappa shape index (κ3) is 4.57. The Kier molecular flexibility index (Phi) is 6.77. The van der Waals surface area contributed by atoms with Gasteiger partial charge in [-0.25, -0.2) is 4.98 Å². The van der Waals surface area contributed by atoms with Crippen molar-refractivity contribution in [3.05, 3.63) is 187 Å². The number of benzene rings is 7. The van der Waals surface area contributed by atoms with E-state index in [0.717, 1.165) is 28.4 Å². The quantitative estimate of drug-likeness (QED) is 0.177. The van der Waals surface area contributed by atoms with Gasteiger partial charge in [0, 0.05) is 54.8 Å². The van der Waals surface area contributed by atoms with E-state index in [-0.39, 0.29) is 5.41 Å². The minimum atomic E-state index is -0.0551. The zero-order valence-corrected chi connectivity index (χ0v) is 30.8. The van der Waals surface area contributed by atoms with Gasteiger partial charge in [0.1, 0.15) is 5.82 Å². The molecule has 1 aliphatic rings. The lowest BCUT2D eigenvalue weighted by Gasteiger charge is -2.25. The van der Waals surface area contributed by atoms with Crippen molar-refractivity contribution in [2.45, 2.75) is 19.3 Å². The first-order valence-corrected chi connectivity index (χ1v) is 19.4. The van der Waals surface area contributed by atoms with Crippen molar-refractivity contribution in [3.63, 3.8) is 0 Å². The molecule has 0 saturated heterocycles. The van der Waals surface area contributed by atoms with Gasteiger partial charge in [0.05, 0.1) is 21.4 Å². The van der Waals surface area contributed by atoms with E-state index >= 15 is 0 Å². The Labute approximate surface area is 318 Å². The minimum absolute atomic E-state index is 0.0551. The Balaban J connectivity index is 1.04. The Morgan fingerprint density at radius 3 is 1.94 bits per heavy atom. The standard InChI is InChI=1S/C50H35N3S/c1-50(2)42-17-7-3-12-36(42)37-28-22-32(30-43(37)50)33-23-29-48(51-31-33)53(46-20-11-16-41-40-15-6-10-21-47(40)54-49(41)46)35-26-24-34(25-27-35)52-44-18-8-4-13-38(44)39-14-5-9-19-45(39)52/h3-31H,1-2H3. The summed E-state index contributed by atoms with van der Waals surface area (Å²) in [7, 11) is 0. The first kappa shape index (κ1) is 31.1. The van der Waals surface area contributed by atoms with Crippen LogP contribution in [0.2, 0.25) is 0 Å². The number of anilines is 3. The van der Waals surface area contributed by atoms with Gasteiger partial charge in [-0.05, 0) is 94.5 Å². The molecule has 256 valence electrons. The second-order valence-corrected chi connectivity index (χ2v) is 15.9. The van der Waals surface area contributed by atoms with Crippen molar-refractivity contribution < 1.29 is 0 Å². The molecule has 0 radical (unpaired) electrons.